The Hall–Kier alpha value is -3.56. The van der Waals surface area contributed by atoms with Crippen LogP contribution in [0.15, 0.2) is 83.2 Å². The standard InChI is InChI=1S/C21H15N3O4S2/c25-21(26)14-7-9-17(10-8-14)30(27,28)24-16-5-3-4-15(12-16)19-13-29-20(23-19)18-6-1-2-11-22-18/h1-13,24H,(H,25,26). The molecule has 0 aliphatic carbocycles. The van der Waals surface area contributed by atoms with Gasteiger partial charge in [-0.1, -0.05) is 18.2 Å². The molecule has 2 N–H and O–H groups in total. The summed E-state index contributed by atoms with van der Waals surface area (Å²) >= 11 is 1.46. The molecule has 9 heteroatoms. The molecule has 0 fully saturated rings. The summed E-state index contributed by atoms with van der Waals surface area (Å²) in [5.74, 6) is -1.12. The van der Waals surface area contributed by atoms with Gasteiger partial charge in [0.25, 0.3) is 10.0 Å². The summed E-state index contributed by atoms with van der Waals surface area (Å²) in [6, 6.07) is 17.5. The van der Waals surface area contributed by atoms with E-state index in [0.717, 1.165) is 16.3 Å². The van der Waals surface area contributed by atoms with Gasteiger partial charge in [-0.25, -0.2) is 18.2 Å². The van der Waals surface area contributed by atoms with E-state index >= 15 is 0 Å². The van der Waals surface area contributed by atoms with E-state index in [2.05, 4.69) is 14.7 Å². The first kappa shape index (κ1) is 19.7. The largest absolute Gasteiger partial charge is 0.478 e. The lowest BCUT2D eigenvalue weighted by Crippen LogP contribution is -2.13. The van der Waals surface area contributed by atoms with Crippen molar-refractivity contribution in [2.24, 2.45) is 0 Å². The second-order valence-corrected chi connectivity index (χ2v) is 8.81. The number of nitrogens with one attached hydrogen (secondary N) is 1. The number of anilines is 1. The van der Waals surface area contributed by atoms with E-state index in [9.17, 15) is 13.2 Å². The third-order valence-electron chi connectivity index (χ3n) is 4.21. The van der Waals surface area contributed by atoms with Crippen molar-refractivity contribution in [1.29, 1.82) is 0 Å². The normalized spacial score (nSPS) is 11.2. The average molecular weight is 438 g/mol. The smallest absolute Gasteiger partial charge is 0.335 e. The topological polar surface area (TPSA) is 109 Å². The number of rotatable bonds is 6. The van der Waals surface area contributed by atoms with Crippen LogP contribution in [-0.2, 0) is 10.0 Å². The van der Waals surface area contributed by atoms with E-state index < -0.39 is 16.0 Å². The van der Waals surface area contributed by atoms with E-state index in [1.54, 1.807) is 24.4 Å². The van der Waals surface area contributed by atoms with Crippen molar-refractivity contribution >= 4 is 33.0 Å². The number of hydrogen-bond donors (Lipinski definition) is 2. The fraction of sp³-hybridized carbons (Fsp3) is 0. The fourth-order valence-electron chi connectivity index (χ4n) is 2.75. The highest BCUT2D eigenvalue weighted by molar-refractivity contribution is 7.92. The minimum absolute atomic E-state index is 0.0168. The highest BCUT2D eigenvalue weighted by Crippen LogP contribution is 2.29. The monoisotopic (exact) mass is 437 g/mol. The summed E-state index contributed by atoms with van der Waals surface area (Å²) in [7, 11) is -3.86. The van der Waals surface area contributed by atoms with Gasteiger partial charge in [-0.05, 0) is 48.5 Å². The van der Waals surface area contributed by atoms with Gasteiger partial charge < -0.3 is 5.11 Å². The quantitative estimate of drug-likeness (QED) is 0.464. The van der Waals surface area contributed by atoms with Crippen molar-refractivity contribution in [3.8, 4) is 22.0 Å². The molecule has 2 aromatic heterocycles. The molecule has 0 saturated heterocycles. The van der Waals surface area contributed by atoms with E-state index in [-0.39, 0.29) is 10.5 Å². The molecule has 4 rings (SSSR count). The number of hydrogen-bond acceptors (Lipinski definition) is 6. The lowest BCUT2D eigenvalue weighted by Gasteiger charge is -2.09. The first-order valence-electron chi connectivity index (χ1n) is 8.76. The summed E-state index contributed by atoms with van der Waals surface area (Å²) in [5.41, 5.74) is 2.64. The Balaban J connectivity index is 1.58. The molecule has 0 unspecified atom stereocenters. The predicted octanol–water partition coefficient (Wildman–Crippen LogP) is 4.37. The lowest BCUT2D eigenvalue weighted by molar-refractivity contribution is 0.0696. The predicted molar refractivity (Wildman–Crippen MR) is 115 cm³/mol. The van der Waals surface area contributed by atoms with E-state index in [0.29, 0.717) is 11.4 Å². The van der Waals surface area contributed by atoms with Crippen LogP contribution in [0.4, 0.5) is 5.69 Å². The molecule has 0 radical (unpaired) electrons. The number of thiazole rings is 1. The van der Waals surface area contributed by atoms with Crippen LogP contribution in [-0.4, -0.2) is 29.5 Å². The molecule has 2 aromatic carbocycles. The molecule has 4 aromatic rings. The van der Waals surface area contributed by atoms with Crippen molar-refractivity contribution in [2.75, 3.05) is 4.72 Å². The molecule has 7 nitrogen and oxygen atoms in total. The Morgan fingerprint density at radius 1 is 0.967 bits per heavy atom. The van der Waals surface area contributed by atoms with Crippen LogP contribution in [0.5, 0.6) is 0 Å². The minimum atomic E-state index is -3.86. The number of nitrogens with zero attached hydrogens (tertiary/aromatic N) is 2. The number of pyridine rings is 1. The van der Waals surface area contributed by atoms with Gasteiger partial charge in [-0.15, -0.1) is 11.3 Å². The van der Waals surface area contributed by atoms with Crippen LogP contribution in [0.2, 0.25) is 0 Å². The number of aromatic carboxylic acids is 1. The van der Waals surface area contributed by atoms with Crippen molar-refractivity contribution < 1.29 is 18.3 Å². The highest BCUT2D eigenvalue weighted by atomic mass is 32.2. The van der Waals surface area contributed by atoms with Crippen LogP contribution < -0.4 is 4.72 Å². The van der Waals surface area contributed by atoms with E-state index in [1.807, 2.05) is 29.6 Å². The Morgan fingerprint density at radius 3 is 2.47 bits per heavy atom. The van der Waals surface area contributed by atoms with Gasteiger partial charge in [0.05, 0.1) is 21.8 Å². The Morgan fingerprint density at radius 2 is 1.77 bits per heavy atom. The van der Waals surface area contributed by atoms with E-state index in [4.69, 9.17) is 5.11 Å². The van der Waals surface area contributed by atoms with Crippen LogP contribution in [0.3, 0.4) is 0 Å². The summed E-state index contributed by atoms with van der Waals surface area (Å²) < 4.78 is 27.8. The fourth-order valence-corrected chi connectivity index (χ4v) is 4.60. The zero-order valence-corrected chi connectivity index (χ0v) is 17.0. The Kier molecular flexibility index (Phi) is 5.30. The molecule has 0 aliphatic rings. The maximum Gasteiger partial charge on any atom is 0.335 e. The second kappa shape index (κ2) is 8.05. The first-order valence-corrected chi connectivity index (χ1v) is 11.1. The van der Waals surface area contributed by atoms with Crippen molar-refractivity contribution in [3.05, 3.63) is 83.9 Å². The van der Waals surface area contributed by atoms with E-state index in [1.165, 1.54) is 35.6 Å². The molecule has 0 aliphatic heterocycles. The second-order valence-electron chi connectivity index (χ2n) is 6.27. The maximum atomic E-state index is 12.6. The third kappa shape index (κ3) is 4.22. The molecular weight excluding hydrogens is 422 g/mol. The number of benzene rings is 2. The molecule has 2 heterocycles. The third-order valence-corrected chi connectivity index (χ3v) is 6.47. The van der Waals surface area contributed by atoms with Gasteiger partial charge >= 0.3 is 5.97 Å². The van der Waals surface area contributed by atoms with Crippen molar-refractivity contribution in [3.63, 3.8) is 0 Å². The number of sulfonamides is 1. The van der Waals surface area contributed by atoms with Crippen molar-refractivity contribution in [2.45, 2.75) is 4.90 Å². The molecule has 0 bridgehead atoms. The van der Waals surface area contributed by atoms with Gasteiger partial charge in [0, 0.05) is 22.8 Å². The zero-order valence-electron chi connectivity index (χ0n) is 15.4. The molecule has 150 valence electrons. The molecule has 30 heavy (non-hydrogen) atoms. The summed E-state index contributed by atoms with van der Waals surface area (Å²) in [5, 5.41) is 11.6. The van der Waals surface area contributed by atoms with Gasteiger partial charge in [-0.2, -0.15) is 0 Å². The molecule has 0 atom stereocenters. The van der Waals surface area contributed by atoms with Crippen LogP contribution in [0.1, 0.15) is 10.4 Å². The highest BCUT2D eigenvalue weighted by Gasteiger charge is 2.16. The van der Waals surface area contributed by atoms with Crippen LogP contribution in [0, 0.1) is 0 Å². The number of aromatic nitrogens is 2. The van der Waals surface area contributed by atoms with Gasteiger partial charge in [0.15, 0.2) is 0 Å². The number of carboxylic acids is 1. The minimum Gasteiger partial charge on any atom is -0.478 e. The van der Waals surface area contributed by atoms with Gasteiger partial charge in [0.1, 0.15) is 5.01 Å². The zero-order chi connectivity index (χ0) is 21.1. The van der Waals surface area contributed by atoms with Gasteiger partial charge in [-0.3, -0.25) is 9.71 Å². The van der Waals surface area contributed by atoms with Crippen LogP contribution in [0.25, 0.3) is 22.0 Å². The number of carbonyl (C=O) groups is 1. The summed E-state index contributed by atoms with van der Waals surface area (Å²) in [4.78, 5) is 19.8. The molecule has 0 saturated carbocycles. The summed E-state index contributed by atoms with van der Waals surface area (Å²) in [6.45, 7) is 0. The SMILES string of the molecule is O=C(O)c1ccc(S(=O)(=O)Nc2cccc(-c3csc(-c4ccccn4)n3)c2)cc1. The molecular formula is C21H15N3O4S2. The summed E-state index contributed by atoms with van der Waals surface area (Å²) in [6.07, 6.45) is 1.70. The Bertz CT molecular complexity index is 1300. The first-order chi connectivity index (χ1) is 14.4. The Labute approximate surface area is 176 Å². The van der Waals surface area contributed by atoms with Gasteiger partial charge in [0.2, 0.25) is 0 Å². The average Bonchev–Trinajstić information content (AvgIpc) is 3.25. The van der Waals surface area contributed by atoms with Crippen LogP contribution >= 0.6 is 11.3 Å². The maximum absolute atomic E-state index is 12.6. The number of carboxylic acid groups (broad SMARTS) is 1. The lowest BCUT2D eigenvalue weighted by atomic mass is 10.1. The van der Waals surface area contributed by atoms with Crippen molar-refractivity contribution in [1.82, 2.24) is 9.97 Å². The molecule has 0 amide bonds. The molecule has 0 spiro atoms.